The van der Waals surface area contributed by atoms with Gasteiger partial charge in [0.15, 0.2) is 5.82 Å². The van der Waals surface area contributed by atoms with E-state index in [1.54, 1.807) is 12.3 Å². The van der Waals surface area contributed by atoms with Gasteiger partial charge in [-0.05, 0) is 12.3 Å². The van der Waals surface area contributed by atoms with Crippen LogP contribution in [-0.4, -0.2) is 26.8 Å². The minimum Gasteiger partial charge on any atom is -0.480 e. The number of carboxylic acids is 1. The van der Waals surface area contributed by atoms with E-state index in [1.165, 1.54) is 30.4 Å². The second kappa shape index (κ2) is 6.36. The molecule has 2 N–H and O–H groups in total. The van der Waals surface area contributed by atoms with E-state index in [0.717, 1.165) is 6.42 Å². The summed E-state index contributed by atoms with van der Waals surface area (Å²) in [6, 6.07) is 1.61. The monoisotopic (exact) mass is 265 g/mol. The van der Waals surface area contributed by atoms with Crippen molar-refractivity contribution >= 4 is 17.7 Å². The summed E-state index contributed by atoms with van der Waals surface area (Å²) in [4.78, 5) is 22.2. The van der Waals surface area contributed by atoms with Gasteiger partial charge in [0.2, 0.25) is 5.91 Å². The predicted molar refractivity (Wildman–Crippen MR) is 69.7 cm³/mol. The van der Waals surface area contributed by atoms with Crippen molar-refractivity contribution in [3.05, 3.63) is 12.3 Å². The maximum absolute atomic E-state index is 11.7. The third-order valence-electron chi connectivity index (χ3n) is 3.46. The fourth-order valence-electron chi connectivity index (χ4n) is 2.49. The summed E-state index contributed by atoms with van der Waals surface area (Å²) < 4.78 is 1.29. The van der Waals surface area contributed by atoms with Crippen LogP contribution in [0.25, 0.3) is 0 Å². The summed E-state index contributed by atoms with van der Waals surface area (Å²) in [6.45, 7) is -0.196. The van der Waals surface area contributed by atoms with E-state index in [1.807, 2.05) is 0 Å². The number of rotatable bonds is 6. The van der Waals surface area contributed by atoms with Crippen LogP contribution in [0.2, 0.25) is 0 Å². The van der Waals surface area contributed by atoms with E-state index < -0.39 is 5.97 Å². The number of aliphatic carboxylic acids is 1. The first-order chi connectivity index (χ1) is 9.13. The molecule has 1 aromatic rings. The second-order valence-electron chi connectivity index (χ2n) is 5.03. The van der Waals surface area contributed by atoms with E-state index in [4.69, 9.17) is 5.11 Å². The summed E-state index contributed by atoms with van der Waals surface area (Å²) in [5.41, 5.74) is 0. The zero-order valence-corrected chi connectivity index (χ0v) is 10.8. The number of carbonyl (C=O) groups is 2. The van der Waals surface area contributed by atoms with Crippen molar-refractivity contribution in [2.24, 2.45) is 5.92 Å². The van der Waals surface area contributed by atoms with Gasteiger partial charge < -0.3 is 10.4 Å². The summed E-state index contributed by atoms with van der Waals surface area (Å²) in [7, 11) is 0. The van der Waals surface area contributed by atoms with Gasteiger partial charge in [-0.1, -0.05) is 25.7 Å². The zero-order valence-electron chi connectivity index (χ0n) is 10.8. The van der Waals surface area contributed by atoms with Gasteiger partial charge in [0.05, 0.1) is 0 Å². The Balaban J connectivity index is 1.74. The Kier molecular flexibility index (Phi) is 4.54. The molecule has 0 radical (unpaired) electrons. The van der Waals surface area contributed by atoms with Gasteiger partial charge in [0.25, 0.3) is 0 Å². The van der Waals surface area contributed by atoms with Crippen molar-refractivity contribution in [1.29, 1.82) is 0 Å². The van der Waals surface area contributed by atoms with Crippen LogP contribution in [0, 0.1) is 5.92 Å². The van der Waals surface area contributed by atoms with Crippen LogP contribution in [0.3, 0.4) is 0 Å². The molecule has 2 rings (SSSR count). The second-order valence-corrected chi connectivity index (χ2v) is 5.03. The molecule has 0 aromatic carbocycles. The lowest BCUT2D eigenvalue weighted by molar-refractivity contribution is -0.137. The molecule has 1 heterocycles. The van der Waals surface area contributed by atoms with E-state index >= 15 is 0 Å². The average Bonchev–Trinajstić information content (AvgIpc) is 2.97. The standard InChI is InChI=1S/C13H19N3O3/c17-12(6-5-10-3-1-2-4-10)14-11-7-8-16(15-11)9-13(18)19/h7-8,10H,1-6,9H2,(H,18,19)(H,14,15,17). The van der Waals surface area contributed by atoms with Gasteiger partial charge in [-0.25, -0.2) is 0 Å². The van der Waals surface area contributed by atoms with Crippen LogP contribution < -0.4 is 5.32 Å². The molecule has 0 aliphatic heterocycles. The van der Waals surface area contributed by atoms with Gasteiger partial charge in [0, 0.05) is 18.7 Å². The number of nitrogens with zero attached hydrogens (tertiary/aromatic N) is 2. The lowest BCUT2D eigenvalue weighted by Gasteiger charge is -2.07. The molecule has 1 fully saturated rings. The lowest BCUT2D eigenvalue weighted by atomic mass is 10.0. The highest BCUT2D eigenvalue weighted by atomic mass is 16.4. The molecule has 6 heteroatoms. The molecule has 1 aromatic heterocycles. The summed E-state index contributed by atoms with van der Waals surface area (Å²) >= 11 is 0. The number of carbonyl (C=O) groups excluding carboxylic acids is 1. The summed E-state index contributed by atoms with van der Waals surface area (Å²) in [6.07, 6.45) is 8.03. The van der Waals surface area contributed by atoms with Crippen LogP contribution in [0.4, 0.5) is 5.82 Å². The van der Waals surface area contributed by atoms with Gasteiger partial charge in [-0.3, -0.25) is 14.3 Å². The Morgan fingerprint density at radius 3 is 2.84 bits per heavy atom. The Labute approximate surface area is 111 Å². The molecule has 6 nitrogen and oxygen atoms in total. The first kappa shape index (κ1) is 13.6. The van der Waals surface area contributed by atoms with Crippen molar-refractivity contribution in [1.82, 2.24) is 9.78 Å². The van der Waals surface area contributed by atoms with E-state index in [9.17, 15) is 9.59 Å². The van der Waals surface area contributed by atoms with Crippen molar-refractivity contribution < 1.29 is 14.7 Å². The molecule has 1 saturated carbocycles. The molecule has 0 spiro atoms. The molecule has 19 heavy (non-hydrogen) atoms. The van der Waals surface area contributed by atoms with E-state index in [0.29, 0.717) is 18.2 Å². The van der Waals surface area contributed by atoms with Crippen molar-refractivity contribution in [3.63, 3.8) is 0 Å². The fourth-order valence-corrected chi connectivity index (χ4v) is 2.49. The number of hydrogen-bond donors (Lipinski definition) is 2. The van der Waals surface area contributed by atoms with Crippen molar-refractivity contribution in [2.75, 3.05) is 5.32 Å². The van der Waals surface area contributed by atoms with Crippen molar-refractivity contribution in [2.45, 2.75) is 45.1 Å². The summed E-state index contributed by atoms with van der Waals surface area (Å²) in [5.74, 6) is 0.0997. The minimum atomic E-state index is -0.956. The largest absolute Gasteiger partial charge is 0.480 e. The predicted octanol–water partition coefficient (Wildman–Crippen LogP) is 1.88. The molecule has 0 unspecified atom stereocenters. The Hall–Kier alpha value is -1.85. The van der Waals surface area contributed by atoms with E-state index in [2.05, 4.69) is 10.4 Å². The average molecular weight is 265 g/mol. The normalized spacial score (nSPS) is 15.6. The lowest BCUT2D eigenvalue weighted by Crippen LogP contribution is -2.14. The SMILES string of the molecule is O=C(O)Cn1ccc(NC(=O)CCC2CCCC2)n1. The number of anilines is 1. The Morgan fingerprint density at radius 2 is 2.16 bits per heavy atom. The highest BCUT2D eigenvalue weighted by Gasteiger charge is 2.16. The molecule has 0 bridgehead atoms. The van der Waals surface area contributed by atoms with Crippen LogP contribution in [0.5, 0.6) is 0 Å². The van der Waals surface area contributed by atoms with Crippen LogP contribution in [0.15, 0.2) is 12.3 Å². The highest BCUT2D eigenvalue weighted by Crippen LogP contribution is 2.28. The van der Waals surface area contributed by atoms with Crippen LogP contribution >= 0.6 is 0 Å². The molecule has 0 saturated heterocycles. The number of hydrogen-bond acceptors (Lipinski definition) is 3. The Bertz CT molecular complexity index is 450. The van der Waals surface area contributed by atoms with Crippen LogP contribution in [0.1, 0.15) is 38.5 Å². The third kappa shape index (κ3) is 4.39. The first-order valence-electron chi connectivity index (χ1n) is 6.68. The molecule has 1 amide bonds. The van der Waals surface area contributed by atoms with Crippen molar-refractivity contribution in [3.8, 4) is 0 Å². The number of amides is 1. The van der Waals surface area contributed by atoms with Gasteiger partial charge in [-0.15, -0.1) is 0 Å². The minimum absolute atomic E-state index is 0.0486. The van der Waals surface area contributed by atoms with Gasteiger partial charge >= 0.3 is 5.97 Å². The number of aromatic nitrogens is 2. The van der Waals surface area contributed by atoms with Gasteiger partial charge in [-0.2, -0.15) is 5.10 Å². The zero-order chi connectivity index (χ0) is 13.7. The Morgan fingerprint density at radius 1 is 1.42 bits per heavy atom. The summed E-state index contributed by atoms with van der Waals surface area (Å²) in [5, 5.41) is 15.3. The van der Waals surface area contributed by atoms with E-state index in [-0.39, 0.29) is 12.5 Å². The topological polar surface area (TPSA) is 84.2 Å². The maximum atomic E-state index is 11.7. The number of nitrogens with one attached hydrogen (secondary N) is 1. The molecule has 1 aliphatic rings. The van der Waals surface area contributed by atoms with Gasteiger partial charge in [0.1, 0.15) is 6.54 Å². The quantitative estimate of drug-likeness (QED) is 0.822. The fraction of sp³-hybridized carbons (Fsp3) is 0.615. The molecule has 0 atom stereocenters. The smallest absolute Gasteiger partial charge is 0.325 e. The first-order valence-corrected chi connectivity index (χ1v) is 6.68. The molecular formula is C13H19N3O3. The number of carboxylic acid groups (broad SMARTS) is 1. The third-order valence-corrected chi connectivity index (χ3v) is 3.46. The maximum Gasteiger partial charge on any atom is 0.325 e. The molecular weight excluding hydrogens is 246 g/mol. The van der Waals surface area contributed by atoms with Crippen LogP contribution in [-0.2, 0) is 16.1 Å². The molecule has 1 aliphatic carbocycles. The molecule has 104 valence electrons. The highest BCUT2D eigenvalue weighted by molar-refractivity contribution is 5.89.